The smallest absolute Gasteiger partial charge is 0.275 e. The Morgan fingerprint density at radius 1 is 1.07 bits per heavy atom. The highest BCUT2D eigenvalue weighted by Crippen LogP contribution is 2.17. The van der Waals surface area contributed by atoms with E-state index in [1.807, 2.05) is 43.4 Å². The van der Waals surface area contributed by atoms with Crippen molar-refractivity contribution in [3.8, 4) is 5.75 Å². The fourth-order valence-electron chi connectivity index (χ4n) is 2.91. The molecule has 0 saturated heterocycles. The van der Waals surface area contributed by atoms with E-state index in [1.165, 1.54) is 0 Å². The molecule has 1 atom stereocenters. The molecule has 3 N–H and O–H groups in total. The molecule has 0 fully saturated rings. The third kappa shape index (κ3) is 6.42. The van der Waals surface area contributed by atoms with Crippen molar-refractivity contribution in [1.82, 2.24) is 10.6 Å². The molecule has 0 aromatic heterocycles. The lowest BCUT2D eigenvalue weighted by Gasteiger charge is -2.14. The number of nitrogens with one attached hydrogen (secondary N) is 3. The fourth-order valence-corrected chi connectivity index (χ4v) is 2.91. The molecule has 2 aromatic rings. The van der Waals surface area contributed by atoms with Crippen molar-refractivity contribution in [2.45, 2.75) is 13.0 Å². The van der Waals surface area contributed by atoms with Crippen LogP contribution in [0.3, 0.4) is 0 Å². The van der Waals surface area contributed by atoms with Crippen LogP contribution in [0.15, 0.2) is 48.5 Å². The number of carbonyl (C=O) groups excluding carboxylic acids is 2. The molecule has 0 aliphatic carbocycles. The van der Waals surface area contributed by atoms with E-state index in [1.54, 1.807) is 26.3 Å². The SMILES string of the molecule is CNC(=O)c1ccc(C[NH+](C)CC(=O)NCCc2ccccc2OC)cc1. The van der Waals surface area contributed by atoms with E-state index in [0.717, 1.165) is 28.2 Å². The molecular formula is C21H28N3O3+. The largest absolute Gasteiger partial charge is 0.496 e. The third-order valence-electron chi connectivity index (χ3n) is 4.32. The van der Waals surface area contributed by atoms with Crippen LogP contribution in [0.1, 0.15) is 21.5 Å². The summed E-state index contributed by atoms with van der Waals surface area (Å²) in [6, 6.07) is 15.3. The number of rotatable bonds is 9. The Labute approximate surface area is 160 Å². The second-order valence-corrected chi connectivity index (χ2v) is 6.50. The highest BCUT2D eigenvalue weighted by Gasteiger charge is 2.11. The summed E-state index contributed by atoms with van der Waals surface area (Å²) in [5.41, 5.74) is 2.80. The minimum atomic E-state index is -0.100. The van der Waals surface area contributed by atoms with Crippen molar-refractivity contribution in [1.29, 1.82) is 0 Å². The lowest BCUT2D eigenvalue weighted by Crippen LogP contribution is -3.08. The lowest BCUT2D eigenvalue weighted by molar-refractivity contribution is -0.885. The third-order valence-corrected chi connectivity index (χ3v) is 4.32. The topological polar surface area (TPSA) is 71.9 Å². The van der Waals surface area contributed by atoms with E-state index in [9.17, 15) is 9.59 Å². The van der Waals surface area contributed by atoms with E-state index < -0.39 is 0 Å². The molecule has 144 valence electrons. The highest BCUT2D eigenvalue weighted by molar-refractivity contribution is 5.93. The van der Waals surface area contributed by atoms with E-state index in [2.05, 4.69) is 10.6 Å². The number of ether oxygens (including phenoxy) is 1. The summed E-state index contributed by atoms with van der Waals surface area (Å²) in [5, 5.41) is 5.56. The summed E-state index contributed by atoms with van der Waals surface area (Å²) in [4.78, 5) is 24.8. The fraction of sp³-hybridized carbons (Fsp3) is 0.333. The first-order valence-corrected chi connectivity index (χ1v) is 9.04. The normalized spacial score (nSPS) is 11.5. The van der Waals surface area contributed by atoms with Crippen LogP contribution in [0.4, 0.5) is 0 Å². The summed E-state index contributed by atoms with van der Waals surface area (Å²) in [7, 11) is 5.24. The number of amides is 2. The first-order chi connectivity index (χ1) is 13.0. The maximum Gasteiger partial charge on any atom is 0.275 e. The summed E-state index contributed by atoms with van der Waals surface area (Å²) in [6.07, 6.45) is 0.732. The molecule has 0 radical (unpaired) electrons. The molecule has 27 heavy (non-hydrogen) atoms. The van der Waals surface area contributed by atoms with Gasteiger partial charge in [-0.3, -0.25) is 9.59 Å². The van der Waals surface area contributed by atoms with Crippen molar-refractivity contribution in [3.63, 3.8) is 0 Å². The number of carbonyl (C=O) groups is 2. The van der Waals surface area contributed by atoms with E-state index in [-0.39, 0.29) is 11.8 Å². The number of hydrogen-bond acceptors (Lipinski definition) is 3. The van der Waals surface area contributed by atoms with Gasteiger partial charge in [0.1, 0.15) is 12.3 Å². The molecule has 0 saturated carbocycles. The van der Waals surface area contributed by atoms with E-state index in [0.29, 0.717) is 25.2 Å². The Kier molecular flexibility index (Phi) is 7.82. The minimum Gasteiger partial charge on any atom is -0.496 e. The van der Waals surface area contributed by atoms with Gasteiger partial charge in [-0.1, -0.05) is 30.3 Å². The van der Waals surface area contributed by atoms with Crippen LogP contribution in [-0.4, -0.2) is 46.1 Å². The first kappa shape index (κ1) is 20.5. The average Bonchev–Trinajstić information content (AvgIpc) is 2.68. The molecule has 0 aliphatic heterocycles. The van der Waals surface area contributed by atoms with Gasteiger partial charge in [0.25, 0.3) is 11.8 Å². The molecule has 6 nitrogen and oxygen atoms in total. The monoisotopic (exact) mass is 370 g/mol. The Morgan fingerprint density at radius 3 is 2.44 bits per heavy atom. The Hall–Kier alpha value is -2.86. The number of quaternary nitrogens is 1. The second kappa shape index (κ2) is 10.3. The zero-order chi connectivity index (χ0) is 19.6. The van der Waals surface area contributed by atoms with E-state index in [4.69, 9.17) is 4.74 Å². The van der Waals surface area contributed by atoms with Crippen LogP contribution in [0.5, 0.6) is 5.75 Å². The standard InChI is InChI=1S/C21H27N3O3/c1-22-21(26)18-10-8-16(9-11-18)14-24(2)15-20(25)23-13-12-17-6-4-5-7-19(17)27-3/h4-11H,12-15H2,1-3H3,(H,22,26)(H,23,25)/p+1. The molecule has 1 unspecified atom stereocenters. The van der Waals surface area contributed by atoms with Gasteiger partial charge in [-0.2, -0.15) is 0 Å². The summed E-state index contributed by atoms with van der Waals surface area (Å²) < 4.78 is 5.32. The van der Waals surface area contributed by atoms with Gasteiger partial charge >= 0.3 is 0 Å². The molecule has 2 amide bonds. The maximum absolute atomic E-state index is 12.2. The number of para-hydroxylation sites is 1. The Balaban J connectivity index is 1.75. The lowest BCUT2D eigenvalue weighted by atomic mass is 10.1. The van der Waals surface area contributed by atoms with Crippen LogP contribution in [0.2, 0.25) is 0 Å². The predicted molar refractivity (Wildman–Crippen MR) is 105 cm³/mol. The molecule has 0 heterocycles. The van der Waals surface area contributed by atoms with Gasteiger partial charge < -0.3 is 20.3 Å². The summed E-state index contributed by atoms with van der Waals surface area (Å²) in [6.45, 7) is 1.68. The maximum atomic E-state index is 12.2. The van der Waals surface area contributed by atoms with Gasteiger partial charge in [-0.25, -0.2) is 0 Å². The van der Waals surface area contributed by atoms with Gasteiger partial charge in [0.05, 0.1) is 14.2 Å². The highest BCUT2D eigenvalue weighted by atomic mass is 16.5. The van der Waals surface area contributed by atoms with Crippen LogP contribution in [-0.2, 0) is 17.8 Å². The van der Waals surface area contributed by atoms with Crippen LogP contribution in [0.25, 0.3) is 0 Å². The van der Waals surface area contributed by atoms with Gasteiger partial charge in [-0.05, 0) is 30.2 Å². The second-order valence-electron chi connectivity index (χ2n) is 6.50. The first-order valence-electron chi connectivity index (χ1n) is 9.04. The van der Waals surface area contributed by atoms with Crippen molar-refractivity contribution < 1.29 is 19.2 Å². The number of likely N-dealkylation sites (N-methyl/N-ethyl adjacent to an activating group) is 1. The van der Waals surface area contributed by atoms with Gasteiger partial charge in [0, 0.05) is 24.7 Å². The van der Waals surface area contributed by atoms with Crippen molar-refractivity contribution in [2.75, 3.05) is 34.3 Å². The quantitative estimate of drug-likeness (QED) is 0.599. The van der Waals surface area contributed by atoms with Gasteiger partial charge in [-0.15, -0.1) is 0 Å². The molecule has 6 heteroatoms. The van der Waals surface area contributed by atoms with Crippen molar-refractivity contribution in [3.05, 3.63) is 65.2 Å². The zero-order valence-electron chi connectivity index (χ0n) is 16.2. The molecule has 2 aromatic carbocycles. The predicted octanol–water partition coefficient (Wildman–Crippen LogP) is 0.428. The van der Waals surface area contributed by atoms with Crippen LogP contribution >= 0.6 is 0 Å². The molecule has 0 aliphatic rings. The van der Waals surface area contributed by atoms with Crippen molar-refractivity contribution >= 4 is 11.8 Å². The van der Waals surface area contributed by atoms with Gasteiger partial charge in [0.15, 0.2) is 6.54 Å². The van der Waals surface area contributed by atoms with Gasteiger partial charge in [0.2, 0.25) is 0 Å². The number of methoxy groups -OCH3 is 1. The molecule has 2 rings (SSSR count). The molecule has 0 spiro atoms. The van der Waals surface area contributed by atoms with E-state index >= 15 is 0 Å². The summed E-state index contributed by atoms with van der Waals surface area (Å²) >= 11 is 0. The molecule has 0 bridgehead atoms. The summed E-state index contributed by atoms with van der Waals surface area (Å²) in [5.74, 6) is 0.760. The van der Waals surface area contributed by atoms with Crippen molar-refractivity contribution in [2.24, 2.45) is 0 Å². The minimum absolute atomic E-state index is 0.0179. The zero-order valence-corrected chi connectivity index (χ0v) is 16.2. The average molecular weight is 370 g/mol. The number of benzene rings is 2. The Morgan fingerprint density at radius 2 is 1.78 bits per heavy atom. The van der Waals surface area contributed by atoms with Crippen LogP contribution < -0.4 is 20.3 Å². The molecular weight excluding hydrogens is 342 g/mol. The number of hydrogen-bond donors (Lipinski definition) is 3. The van der Waals surface area contributed by atoms with Crippen LogP contribution in [0, 0.1) is 0 Å². The Bertz CT molecular complexity index is 760.